The number of aliphatic hydroxyl groups excluding tert-OH is 1. The molecule has 4 heteroatoms. The van der Waals surface area contributed by atoms with Gasteiger partial charge < -0.3 is 10.2 Å². The average molecular weight is 134 g/mol. The third-order valence-electron chi connectivity index (χ3n) is 0.110. The van der Waals surface area contributed by atoms with Crippen LogP contribution in [0.4, 0.5) is 0 Å². The van der Waals surface area contributed by atoms with Crippen LogP contribution in [0.1, 0.15) is 0 Å². The Bertz CT molecular complexity index is 44.1. The molecule has 0 aliphatic rings. The Morgan fingerprint density at radius 2 is 1.83 bits per heavy atom. The first-order valence-corrected chi connectivity index (χ1v) is 0.975. The maximum absolute atomic E-state index is 9.06. The van der Waals surface area contributed by atoms with E-state index in [4.69, 9.17) is 15.0 Å². The molecule has 0 aromatic carbocycles. The van der Waals surface area contributed by atoms with Crippen LogP contribution in [0.15, 0.2) is 0 Å². The zero-order valence-corrected chi connectivity index (χ0v) is 3.75. The van der Waals surface area contributed by atoms with Crippen LogP contribution in [-0.4, -0.2) is 16.2 Å². The van der Waals surface area contributed by atoms with Crippen molar-refractivity contribution in [3.8, 4) is 0 Å². The van der Waals surface area contributed by atoms with E-state index in [-0.39, 0.29) is 23.4 Å². The normalized spacial score (nSPS) is 6.17. The molecule has 0 bridgehead atoms. The first-order valence-electron chi connectivity index (χ1n) is 0.975. The minimum atomic E-state index is -1.31. The van der Waals surface area contributed by atoms with Gasteiger partial charge in [-0.3, -0.25) is 0 Å². The molecule has 2 N–H and O–H groups in total. The second kappa shape index (κ2) is 4.94. The molecule has 0 amide bonds. The summed E-state index contributed by atoms with van der Waals surface area (Å²) in [5.41, 5.74) is 0. The summed E-state index contributed by atoms with van der Waals surface area (Å²) in [5, 5.41) is 14.8. The molecule has 38 valence electrons. The molecule has 0 aliphatic carbocycles. The Kier molecular flexibility index (Phi) is 7.68. The van der Waals surface area contributed by atoms with E-state index in [1.807, 2.05) is 0 Å². The van der Waals surface area contributed by atoms with Gasteiger partial charge in [-0.2, -0.15) is 0 Å². The summed E-state index contributed by atoms with van der Waals surface area (Å²) in [6.07, 6.45) is 0. The van der Waals surface area contributed by atoms with Crippen molar-refractivity contribution in [2.75, 3.05) is 0 Å². The molecule has 0 rings (SSSR count). The van der Waals surface area contributed by atoms with E-state index in [0.29, 0.717) is 0 Å². The number of aliphatic carboxylic acids is 1. The number of hydrogen-bond donors (Lipinski definition) is 2. The van der Waals surface area contributed by atoms with Gasteiger partial charge in [-0.15, -0.1) is 0 Å². The van der Waals surface area contributed by atoms with E-state index in [9.17, 15) is 0 Å². The number of hydrogen-bond acceptors (Lipinski definition) is 2. The fourth-order valence-corrected chi connectivity index (χ4v) is 0. The van der Waals surface area contributed by atoms with E-state index in [1.54, 1.807) is 0 Å². The molecule has 2 radical (unpaired) electrons. The average Bonchev–Trinajstić information content (AvgIpc) is 1.38. The third kappa shape index (κ3) is 9.05. The minimum Gasteiger partial charge on any atom is -0.479 e. The smallest absolute Gasteiger partial charge is 0.335 e. The van der Waals surface area contributed by atoms with Crippen LogP contribution in [0.5, 0.6) is 0 Å². The molecule has 0 saturated heterocycles. The van der Waals surface area contributed by atoms with Crippen molar-refractivity contribution in [1.82, 2.24) is 0 Å². The Labute approximate surface area is 45.2 Å². The fraction of sp³-hybridized carbons (Fsp3) is 0. The molecule has 3 nitrogen and oxygen atoms in total. The third-order valence-corrected chi connectivity index (χ3v) is 0.110. The predicted molar refractivity (Wildman–Crippen MR) is 13.9 cm³/mol. The van der Waals surface area contributed by atoms with Gasteiger partial charge in [-0.25, -0.2) is 4.79 Å². The molecular formula is C2H3CoO3. The van der Waals surface area contributed by atoms with Crippen molar-refractivity contribution in [3.05, 3.63) is 6.61 Å². The fourth-order valence-electron chi connectivity index (χ4n) is 0. The maximum Gasteiger partial charge on any atom is 0.335 e. The van der Waals surface area contributed by atoms with E-state index < -0.39 is 5.97 Å². The SMILES string of the molecule is O=C(O)[CH]O.[Co]. The monoisotopic (exact) mass is 134 g/mol. The van der Waals surface area contributed by atoms with Crippen LogP contribution in [0.2, 0.25) is 0 Å². The Morgan fingerprint density at radius 1 is 1.67 bits per heavy atom. The summed E-state index contributed by atoms with van der Waals surface area (Å²) >= 11 is 0. The van der Waals surface area contributed by atoms with Gasteiger partial charge >= 0.3 is 5.97 Å². The number of carbonyl (C=O) groups is 1. The summed E-state index contributed by atoms with van der Waals surface area (Å²) in [4.78, 5) is 9.06. The molecule has 0 aliphatic heterocycles. The number of carboxylic acid groups (broad SMARTS) is 1. The molecule has 0 fully saturated rings. The number of aliphatic hydroxyl groups is 1. The molecule has 0 spiro atoms. The summed E-state index contributed by atoms with van der Waals surface area (Å²) in [7, 11) is 0. The van der Waals surface area contributed by atoms with E-state index in [1.165, 1.54) is 0 Å². The molecular weight excluding hydrogens is 131 g/mol. The largest absolute Gasteiger partial charge is 0.479 e. The van der Waals surface area contributed by atoms with Crippen molar-refractivity contribution < 1.29 is 31.8 Å². The van der Waals surface area contributed by atoms with Crippen molar-refractivity contribution in [1.29, 1.82) is 0 Å². The summed E-state index contributed by atoms with van der Waals surface area (Å²) < 4.78 is 0. The van der Waals surface area contributed by atoms with Gasteiger partial charge in [0.2, 0.25) is 0 Å². The molecule has 0 aromatic heterocycles. The van der Waals surface area contributed by atoms with Gasteiger partial charge in [0.25, 0.3) is 0 Å². The summed E-state index contributed by atoms with van der Waals surface area (Å²) in [6, 6.07) is 0. The Balaban J connectivity index is 0. The van der Waals surface area contributed by atoms with Crippen molar-refractivity contribution >= 4 is 5.97 Å². The second-order valence-corrected chi connectivity index (χ2v) is 0.467. The summed E-state index contributed by atoms with van der Waals surface area (Å²) in [5.74, 6) is -1.31. The van der Waals surface area contributed by atoms with Crippen LogP contribution in [0.25, 0.3) is 0 Å². The van der Waals surface area contributed by atoms with Gasteiger partial charge in [-0.05, 0) is 0 Å². The second-order valence-electron chi connectivity index (χ2n) is 0.467. The summed E-state index contributed by atoms with van der Waals surface area (Å²) in [6.45, 7) is 0.0833. The van der Waals surface area contributed by atoms with Gasteiger partial charge in [0.15, 0.2) is 6.61 Å². The topological polar surface area (TPSA) is 57.5 Å². The zero-order chi connectivity index (χ0) is 4.28. The van der Waals surface area contributed by atoms with Crippen LogP contribution >= 0.6 is 0 Å². The number of carboxylic acids is 1. The van der Waals surface area contributed by atoms with Crippen molar-refractivity contribution in [3.63, 3.8) is 0 Å². The van der Waals surface area contributed by atoms with Gasteiger partial charge in [-0.1, -0.05) is 0 Å². The van der Waals surface area contributed by atoms with E-state index >= 15 is 0 Å². The van der Waals surface area contributed by atoms with E-state index in [2.05, 4.69) is 0 Å². The molecule has 0 atom stereocenters. The Morgan fingerprint density at radius 3 is 1.83 bits per heavy atom. The zero-order valence-electron chi connectivity index (χ0n) is 2.71. The van der Waals surface area contributed by atoms with Crippen molar-refractivity contribution in [2.45, 2.75) is 0 Å². The van der Waals surface area contributed by atoms with Gasteiger partial charge in [0.05, 0.1) is 0 Å². The van der Waals surface area contributed by atoms with Crippen LogP contribution in [-0.2, 0) is 21.6 Å². The first kappa shape index (κ1) is 9.34. The molecule has 0 saturated carbocycles. The predicted octanol–water partition coefficient (Wildman–Crippen LogP) is -0.397. The standard InChI is InChI=1S/C2H3O3.Co/c3-1-2(4)5;/h1,3H,(H,4,5);. The van der Waals surface area contributed by atoms with Crippen LogP contribution in [0, 0.1) is 6.61 Å². The maximum atomic E-state index is 9.06. The quantitative estimate of drug-likeness (QED) is 0.513. The Hall–Kier alpha value is -0.0635. The molecule has 0 heterocycles. The molecule has 0 aromatic rings. The molecule has 0 unspecified atom stereocenters. The minimum absolute atomic E-state index is 0. The van der Waals surface area contributed by atoms with Crippen LogP contribution in [0.3, 0.4) is 0 Å². The first-order chi connectivity index (χ1) is 2.27. The molecule has 6 heavy (non-hydrogen) atoms. The van der Waals surface area contributed by atoms with Gasteiger partial charge in [0, 0.05) is 16.8 Å². The van der Waals surface area contributed by atoms with E-state index in [0.717, 1.165) is 0 Å². The van der Waals surface area contributed by atoms with Crippen molar-refractivity contribution in [2.24, 2.45) is 0 Å². The number of rotatable bonds is 1. The van der Waals surface area contributed by atoms with Crippen LogP contribution < -0.4 is 0 Å². The van der Waals surface area contributed by atoms with Gasteiger partial charge in [0.1, 0.15) is 0 Å².